The predicted octanol–water partition coefficient (Wildman–Crippen LogP) is 2.89. The Balaban J connectivity index is 1.66. The fourth-order valence-corrected chi connectivity index (χ4v) is 3.33. The Labute approximate surface area is 157 Å². The van der Waals surface area contributed by atoms with Crippen LogP contribution in [0.15, 0.2) is 60.7 Å². The van der Waals surface area contributed by atoms with Gasteiger partial charge in [-0.3, -0.25) is 0 Å². The Hall–Kier alpha value is -2.86. The van der Waals surface area contributed by atoms with Gasteiger partial charge in [-0.25, -0.2) is 0 Å². The molecule has 3 aromatic carbocycles. The molecule has 5 nitrogen and oxygen atoms in total. The zero-order chi connectivity index (χ0) is 18.8. The normalized spacial score (nSPS) is 18.3. The van der Waals surface area contributed by atoms with Crippen molar-refractivity contribution in [3.63, 3.8) is 0 Å². The first kappa shape index (κ1) is 17.5. The minimum absolute atomic E-state index is 0.259. The Bertz CT molecular complexity index is 1000. The highest BCUT2D eigenvalue weighted by atomic mass is 16.3. The molecule has 138 valence electrons. The van der Waals surface area contributed by atoms with Crippen LogP contribution in [0.2, 0.25) is 0 Å². The fraction of sp³-hybridized carbons (Fsp3) is 0.182. The van der Waals surface area contributed by atoms with Gasteiger partial charge in [-0.2, -0.15) is 0 Å². The van der Waals surface area contributed by atoms with Gasteiger partial charge < -0.3 is 26.0 Å². The molecule has 1 aliphatic rings. The molecular formula is C22H22N2O3. The second kappa shape index (κ2) is 7.40. The summed E-state index contributed by atoms with van der Waals surface area (Å²) in [5.41, 5.74) is 4.42. The lowest BCUT2D eigenvalue weighted by atomic mass is 10.0. The highest BCUT2D eigenvalue weighted by Crippen LogP contribution is 2.37. The molecule has 0 saturated heterocycles. The maximum absolute atomic E-state index is 10.5. The molecule has 0 spiro atoms. The number of hydrogen-bond donors (Lipinski definition) is 5. The number of aliphatic hydroxyl groups is 3. The molecule has 3 aromatic rings. The maximum Gasteiger partial charge on any atom is 0.151 e. The quantitative estimate of drug-likeness (QED) is 0.482. The van der Waals surface area contributed by atoms with E-state index in [0.717, 1.165) is 33.5 Å². The van der Waals surface area contributed by atoms with Gasteiger partial charge in [0, 0.05) is 29.1 Å². The second-order valence-corrected chi connectivity index (χ2v) is 6.73. The van der Waals surface area contributed by atoms with Gasteiger partial charge in [0.1, 0.15) is 0 Å². The minimum Gasteiger partial charge on any atom is -0.394 e. The van der Waals surface area contributed by atoms with Gasteiger partial charge in [-0.15, -0.1) is 0 Å². The molecule has 27 heavy (non-hydrogen) atoms. The van der Waals surface area contributed by atoms with Crippen molar-refractivity contribution < 1.29 is 15.3 Å². The van der Waals surface area contributed by atoms with Crippen molar-refractivity contribution in [2.45, 2.75) is 12.3 Å². The number of rotatable bonds is 5. The molecule has 2 unspecified atom stereocenters. The summed E-state index contributed by atoms with van der Waals surface area (Å²) >= 11 is 0. The van der Waals surface area contributed by atoms with E-state index in [0.29, 0.717) is 0 Å². The lowest BCUT2D eigenvalue weighted by Crippen LogP contribution is -2.22. The molecule has 0 radical (unpaired) electrons. The van der Waals surface area contributed by atoms with E-state index in [1.54, 1.807) is 0 Å². The molecule has 1 aliphatic heterocycles. The lowest BCUT2D eigenvalue weighted by molar-refractivity contribution is 0.105. The monoisotopic (exact) mass is 362 g/mol. The van der Waals surface area contributed by atoms with Crippen LogP contribution in [0.25, 0.3) is 22.4 Å². The van der Waals surface area contributed by atoms with Gasteiger partial charge in [-0.1, -0.05) is 36.4 Å². The summed E-state index contributed by atoms with van der Waals surface area (Å²) in [6.07, 6.45) is 0.404. The first-order valence-electron chi connectivity index (χ1n) is 8.96. The van der Waals surface area contributed by atoms with Crippen molar-refractivity contribution in [3.05, 3.63) is 71.8 Å². The Morgan fingerprint density at radius 1 is 1.04 bits per heavy atom. The molecule has 0 fully saturated rings. The van der Waals surface area contributed by atoms with Crippen LogP contribution in [-0.2, 0) is 0 Å². The first-order chi connectivity index (χ1) is 13.1. The molecule has 2 atom stereocenters. The highest BCUT2D eigenvalue weighted by Gasteiger charge is 2.24. The third kappa shape index (κ3) is 3.66. The van der Waals surface area contributed by atoms with Crippen molar-refractivity contribution in [1.29, 1.82) is 0 Å². The van der Waals surface area contributed by atoms with Crippen LogP contribution in [0.1, 0.15) is 11.1 Å². The average molecular weight is 362 g/mol. The SMILES string of the molecule is OCC(O)CNc1ccc2c(c1)C(=Cc1ccc3ccccc3c1)C(O)N2. The number of hydrogen-bond acceptors (Lipinski definition) is 5. The van der Waals surface area contributed by atoms with Gasteiger partial charge in [0.15, 0.2) is 6.23 Å². The zero-order valence-corrected chi connectivity index (χ0v) is 14.8. The smallest absolute Gasteiger partial charge is 0.151 e. The fourth-order valence-electron chi connectivity index (χ4n) is 3.33. The number of fused-ring (bicyclic) bond motifs is 2. The molecule has 5 N–H and O–H groups in total. The summed E-state index contributed by atoms with van der Waals surface area (Å²) < 4.78 is 0. The van der Waals surface area contributed by atoms with Gasteiger partial charge in [-0.05, 0) is 46.7 Å². The van der Waals surface area contributed by atoms with E-state index in [1.807, 2.05) is 42.5 Å². The average Bonchev–Trinajstić information content (AvgIpc) is 3.00. The molecule has 1 heterocycles. The molecule has 0 aromatic heterocycles. The molecule has 0 bridgehead atoms. The van der Waals surface area contributed by atoms with E-state index >= 15 is 0 Å². The lowest BCUT2D eigenvalue weighted by Gasteiger charge is -2.11. The summed E-state index contributed by atoms with van der Waals surface area (Å²) in [4.78, 5) is 0. The minimum atomic E-state index is -0.811. The molecular weight excluding hydrogens is 340 g/mol. The van der Waals surface area contributed by atoms with Crippen LogP contribution in [0.5, 0.6) is 0 Å². The first-order valence-corrected chi connectivity index (χ1v) is 8.96. The van der Waals surface area contributed by atoms with Crippen LogP contribution < -0.4 is 10.6 Å². The third-order valence-electron chi connectivity index (χ3n) is 4.77. The number of aliphatic hydroxyl groups excluding tert-OH is 3. The topological polar surface area (TPSA) is 84.8 Å². The van der Waals surface area contributed by atoms with Crippen LogP contribution in [0, 0.1) is 0 Å². The second-order valence-electron chi connectivity index (χ2n) is 6.73. The number of benzene rings is 3. The maximum atomic E-state index is 10.5. The number of anilines is 2. The molecule has 0 aliphatic carbocycles. The van der Waals surface area contributed by atoms with E-state index in [9.17, 15) is 10.2 Å². The van der Waals surface area contributed by atoms with Crippen LogP contribution in [-0.4, -0.2) is 40.8 Å². The van der Waals surface area contributed by atoms with Crippen LogP contribution in [0.4, 0.5) is 11.4 Å². The molecule has 5 heteroatoms. The predicted molar refractivity (Wildman–Crippen MR) is 109 cm³/mol. The summed E-state index contributed by atoms with van der Waals surface area (Å²) in [5, 5.41) is 37.4. The van der Waals surface area contributed by atoms with Gasteiger partial charge >= 0.3 is 0 Å². The van der Waals surface area contributed by atoms with Crippen molar-refractivity contribution in [2.24, 2.45) is 0 Å². The summed E-state index contributed by atoms with van der Waals surface area (Å²) in [6, 6.07) is 20.1. The zero-order valence-electron chi connectivity index (χ0n) is 14.8. The van der Waals surface area contributed by atoms with Crippen LogP contribution in [0.3, 0.4) is 0 Å². The summed E-state index contributed by atoms with van der Waals surface area (Å²) in [5.74, 6) is 0. The largest absolute Gasteiger partial charge is 0.394 e. The van der Waals surface area contributed by atoms with E-state index in [1.165, 1.54) is 5.39 Å². The van der Waals surface area contributed by atoms with E-state index in [4.69, 9.17) is 5.11 Å². The third-order valence-corrected chi connectivity index (χ3v) is 4.77. The van der Waals surface area contributed by atoms with Crippen molar-refractivity contribution in [1.82, 2.24) is 0 Å². The Morgan fingerprint density at radius 3 is 2.67 bits per heavy atom. The standard InChI is InChI=1S/C22H22N2O3/c25-13-18(26)12-23-17-7-8-21-19(11-17)20(22(27)24-21)10-14-5-6-15-3-1-2-4-16(15)9-14/h1-11,18,22-27H,12-13H2. The summed E-state index contributed by atoms with van der Waals surface area (Å²) in [6.45, 7) is -0.0275. The van der Waals surface area contributed by atoms with E-state index in [2.05, 4.69) is 34.9 Å². The Morgan fingerprint density at radius 2 is 1.85 bits per heavy atom. The molecule has 4 rings (SSSR count). The van der Waals surface area contributed by atoms with Crippen molar-refractivity contribution >= 4 is 33.8 Å². The molecule has 0 saturated carbocycles. The molecule has 0 amide bonds. The van der Waals surface area contributed by atoms with Crippen molar-refractivity contribution in [3.8, 4) is 0 Å². The van der Waals surface area contributed by atoms with Gasteiger partial charge in [0.05, 0.1) is 12.7 Å². The van der Waals surface area contributed by atoms with Gasteiger partial charge in [0.25, 0.3) is 0 Å². The van der Waals surface area contributed by atoms with Gasteiger partial charge in [0.2, 0.25) is 0 Å². The Kier molecular flexibility index (Phi) is 4.81. The van der Waals surface area contributed by atoms with E-state index in [-0.39, 0.29) is 13.2 Å². The van der Waals surface area contributed by atoms with Crippen molar-refractivity contribution in [2.75, 3.05) is 23.8 Å². The summed E-state index contributed by atoms with van der Waals surface area (Å²) in [7, 11) is 0. The van der Waals surface area contributed by atoms with E-state index < -0.39 is 12.3 Å². The number of nitrogens with one attached hydrogen (secondary N) is 2. The van der Waals surface area contributed by atoms with Crippen LogP contribution >= 0.6 is 0 Å². The highest BCUT2D eigenvalue weighted by molar-refractivity contribution is 5.96.